The number of nitrogens with zero attached hydrogens (tertiary/aromatic N) is 3. The summed E-state index contributed by atoms with van der Waals surface area (Å²) in [5.74, 6) is 1.19. The number of imidazole rings is 1. The molecule has 0 saturated carbocycles. The molecule has 0 radical (unpaired) electrons. The van der Waals surface area contributed by atoms with E-state index in [1.165, 1.54) is 12.1 Å². The van der Waals surface area contributed by atoms with Crippen LogP contribution in [0.5, 0.6) is 5.75 Å². The summed E-state index contributed by atoms with van der Waals surface area (Å²) < 4.78 is 20.5. The van der Waals surface area contributed by atoms with Gasteiger partial charge in [0.2, 0.25) is 0 Å². The molecule has 1 amide bonds. The Morgan fingerprint density at radius 1 is 1.48 bits per heavy atom. The minimum absolute atomic E-state index is 0.0736. The Hall–Kier alpha value is -2.37. The van der Waals surface area contributed by atoms with Crippen LogP contribution in [0.1, 0.15) is 23.9 Å². The lowest BCUT2D eigenvalue weighted by atomic mass is 10.1. The van der Waals surface area contributed by atoms with Gasteiger partial charge in [0.1, 0.15) is 17.4 Å². The third-order valence-corrected chi connectivity index (χ3v) is 4.10. The molecule has 5 nitrogen and oxygen atoms in total. The highest BCUT2D eigenvalue weighted by Gasteiger charge is 2.30. The van der Waals surface area contributed by atoms with Gasteiger partial charge in [-0.3, -0.25) is 4.79 Å². The Kier molecular flexibility index (Phi) is 4.32. The minimum atomic E-state index is -0.374. The van der Waals surface area contributed by atoms with Gasteiger partial charge in [-0.05, 0) is 25.5 Å². The molecular weight excluding hydrogens is 297 g/mol. The lowest BCUT2D eigenvalue weighted by Gasteiger charge is -2.17. The molecule has 2 heterocycles. The second-order valence-corrected chi connectivity index (χ2v) is 5.92. The summed E-state index contributed by atoms with van der Waals surface area (Å²) in [4.78, 5) is 18.6. The maximum Gasteiger partial charge on any atom is 0.260 e. The van der Waals surface area contributed by atoms with Gasteiger partial charge in [-0.2, -0.15) is 0 Å². The fourth-order valence-corrected chi connectivity index (χ4v) is 3.00. The van der Waals surface area contributed by atoms with Crippen LogP contribution in [0, 0.1) is 12.7 Å². The zero-order valence-corrected chi connectivity index (χ0v) is 13.3. The van der Waals surface area contributed by atoms with Gasteiger partial charge in [0.15, 0.2) is 6.61 Å². The summed E-state index contributed by atoms with van der Waals surface area (Å²) in [7, 11) is 1.98. The third kappa shape index (κ3) is 3.52. The molecule has 0 unspecified atom stereocenters. The van der Waals surface area contributed by atoms with Gasteiger partial charge in [0.25, 0.3) is 5.91 Å². The first-order valence-electron chi connectivity index (χ1n) is 7.69. The maximum atomic E-state index is 13.1. The molecule has 1 aliphatic rings. The average molecular weight is 317 g/mol. The molecule has 1 aromatic heterocycles. The van der Waals surface area contributed by atoms with Gasteiger partial charge in [0.05, 0.1) is 5.69 Å². The molecule has 122 valence electrons. The van der Waals surface area contributed by atoms with Crippen molar-refractivity contribution in [3.8, 4) is 5.75 Å². The molecule has 1 aliphatic heterocycles. The van der Waals surface area contributed by atoms with E-state index in [1.54, 1.807) is 17.0 Å². The topological polar surface area (TPSA) is 47.4 Å². The number of likely N-dealkylation sites (tertiary alicyclic amines) is 1. The number of amides is 1. The molecule has 0 bridgehead atoms. The predicted octanol–water partition coefficient (Wildman–Crippen LogP) is 2.26. The van der Waals surface area contributed by atoms with Crippen LogP contribution >= 0.6 is 0 Å². The largest absolute Gasteiger partial charge is 0.484 e. The average Bonchev–Trinajstić information content (AvgIpc) is 3.11. The lowest BCUT2D eigenvalue weighted by molar-refractivity contribution is -0.132. The fraction of sp³-hybridized carbons (Fsp3) is 0.412. The van der Waals surface area contributed by atoms with Crippen LogP contribution in [-0.2, 0) is 11.8 Å². The first kappa shape index (κ1) is 15.5. The number of ether oxygens (including phenoxy) is 1. The van der Waals surface area contributed by atoms with Crippen molar-refractivity contribution in [2.45, 2.75) is 19.3 Å². The Balaban J connectivity index is 1.56. The Morgan fingerprint density at radius 2 is 2.30 bits per heavy atom. The molecule has 1 atom stereocenters. The molecule has 1 fully saturated rings. The van der Waals surface area contributed by atoms with Crippen molar-refractivity contribution < 1.29 is 13.9 Å². The number of carbonyl (C=O) groups is 1. The summed E-state index contributed by atoms with van der Waals surface area (Å²) in [5, 5.41) is 0. The highest BCUT2D eigenvalue weighted by Crippen LogP contribution is 2.26. The SMILES string of the molecule is Cc1cn(C)c([C@H]2CCN(C(=O)COc3cccc(F)c3)C2)n1. The van der Waals surface area contributed by atoms with E-state index in [2.05, 4.69) is 4.98 Å². The van der Waals surface area contributed by atoms with Crippen LogP contribution in [0.25, 0.3) is 0 Å². The van der Waals surface area contributed by atoms with Gasteiger partial charge in [-0.15, -0.1) is 0 Å². The van der Waals surface area contributed by atoms with E-state index >= 15 is 0 Å². The summed E-state index contributed by atoms with van der Waals surface area (Å²) in [5.41, 5.74) is 0.988. The van der Waals surface area contributed by atoms with Gasteiger partial charge in [-0.1, -0.05) is 6.07 Å². The predicted molar refractivity (Wildman–Crippen MR) is 83.8 cm³/mol. The van der Waals surface area contributed by atoms with Gasteiger partial charge in [0, 0.05) is 38.3 Å². The van der Waals surface area contributed by atoms with Gasteiger partial charge < -0.3 is 14.2 Å². The Labute approximate surface area is 134 Å². The van der Waals surface area contributed by atoms with E-state index in [-0.39, 0.29) is 24.2 Å². The first-order chi connectivity index (χ1) is 11.0. The Bertz CT molecular complexity index is 714. The number of hydrogen-bond donors (Lipinski definition) is 0. The van der Waals surface area contributed by atoms with Crippen LogP contribution in [0.4, 0.5) is 4.39 Å². The van der Waals surface area contributed by atoms with Crippen molar-refractivity contribution >= 4 is 5.91 Å². The molecular formula is C17H20FN3O2. The van der Waals surface area contributed by atoms with Crippen molar-refractivity contribution in [2.24, 2.45) is 7.05 Å². The van der Waals surface area contributed by atoms with Crippen LogP contribution in [0.3, 0.4) is 0 Å². The lowest BCUT2D eigenvalue weighted by Crippen LogP contribution is -2.33. The third-order valence-electron chi connectivity index (χ3n) is 4.10. The second kappa shape index (κ2) is 6.40. The zero-order valence-electron chi connectivity index (χ0n) is 13.3. The first-order valence-corrected chi connectivity index (χ1v) is 7.69. The zero-order chi connectivity index (χ0) is 16.4. The highest BCUT2D eigenvalue weighted by atomic mass is 19.1. The number of halogens is 1. The minimum Gasteiger partial charge on any atom is -0.484 e. The molecule has 0 aliphatic carbocycles. The number of hydrogen-bond acceptors (Lipinski definition) is 3. The van der Waals surface area contributed by atoms with Crippen molar-refractivity contribution in [3.05, 3.63) is 47.8 Å². The number of benzene rings is 1. The van der Waals surface area contributed by atoms with Crippen LogP contribution in [-0.4, -0.2) is 40.1 Å². The standard InChI is InChI=1S/C17H20FN3O2/c1-12-9-20(2)17(19-12)13-6-7-21(10-13)16(22)11-23-15-5-3-4-14(18)8-15/h3-5,8-9,13H,6-7,10-11H2,1-2H3/t13-/m0/s1. The summed E-state index contributed by atoms with van der Waals surface area (Å²) in [6.45, 7) is 3.24. The van der Waals surface area contributed by atoms with Gasteiger partial charge in [-0.25, -0.2) is 9.37 Å². The molecule has 3 rings (SSSR count). The van der Waals surface area contributed by atoms with Crippen molar-refractivity contribution in [2.75, 3.05) is 19.7 Å². The summed E-state index contributed by atoms with van der Waals surface area (Å²) in [6.07, 6.45) is 2.89. The molecule has 6 heteroatoms. The van der Waals surface area contributed by atoms with E-state index in [1.807, 2.05) is 24.7 Å². The molecule has 0 spiro atoms. The highest BCUT2D eigenvalue weighted by molar-refractivity contribution is 5.78. The number of aromatic nitrogens is 2. The van der Waals surface area contributed by atoms with Crippen molar-refractivity contribution in [1.29, 1.82) is 0 Å². The number of aryl methyl sites for hydroxylation is 2. The second-order valence-electron chi connectivity index (χ2n) is 5.92. The maximum absolute atomic E-state index is 13.1. The molecule has 1 aromatic carbocycles. The van der Waals surface area contributed by atoms with E-state index in [0.717, 1.165) is 17.9 Å². The van der Waals surface area contributed by atoms with E-state index in [0.29, 0.717) is 18.8 Å². The Morgan fingerprint density at radius 3 is 3.00 bits per heavy atom. The fourth-order valence-electron chi connectivity index (χ4n) is 3.00. The van der Waals surface area contributed by atoms with Crippen molar-refractivity contribution in [3.63, 3.8) is 0 Å². The summed E-state index contributed by atoms with van der Waals surface area (Å²) >= 11 is 0. The van der Waals surface area contributed by atoms with Crippen LogP contribution in [0.2, 0.25) is 0 Å². The molecule has 2 aromatic rings. The van der Waals surface area contributed by atoms with Crippen LogP contribution < -0.4 is 4.74 Å². The number of rotatable bonds is 4. The smallest absolute Gasteiger partial charge is 0.260 e. The quantitative estimate of drug-likeness (QED) is 0.869. The normalized spacial score (nSPS) is 17.5. The van der Waals surface area contributed by atoms with Crippen LogP contribution in [0.15, 0.2) is 30.5 Å². The van der Waals surface area contributed by atoms with Gasteiger partial charge >= 0.3 is 0 Å². The molecule has 1 saturated heterocycles. The number of carbonyl (C=O) groups excluding carboxylic acids is 1. The monoisotopic (exact) mass is 317 g/mol. The molecule has 23 heavy (non-hydrogen) atoms. The van der Waals surface area contributed by atoms with E-state index in [4.69, 9.17) is 4.74 Å². The van der Waals surface area contributed by atoms with Crippen molar-refractivity contribution in [1.82, 2.24) is 14.5 Å². The van der Waals surface area contributed by atoms with E-state index < -0.39 is 0 Å². The molecule has 0 N–H and O–H groups in total. The van der Waals surface area contributed by atoms with E-state index in [9.17, 15) is 9.18 Å². The summed E-state index contributed by atoms with van der Waals surface area (Å²) in [6, 6.07) is 5.82.